The highest BCUT2D eigenvalue weighted by atomic mass is 32.1. The Morgan fingerprint density at radius 1 is 1.38 bits per heavy atom. The zero-order chi connectivity index (χ0) is 11.5. The number of nitrogen functional groups attached to an aromatic ring is 1. The molecule has 0 aliphatic rings. The monoisotopic (exact) mass is 234 g/mol. The number of carboxylic acids is 1. The van der Waals surface area contributed by atoms with E-state index in [9.17, 15) is 4.79 Å². The number of carboxylic acid groups (broad SMARTS) is 1. The number of nitrogens with two attached hydrogens (primary N) is 1. The number of benzene rings is 1. The second kappa shape index (κ2) is 4.32. The molecule has 0 atom stereocenters. The van der Waals surface area contributed by atoms with Crippen LogP contribution in [0.1, 0.15) is 5.69 Å². The van der Waals surface area contributed by atoms with E-state index in [1.165, 1.54) is 11.3 Å². The van der Waals surface area contributed by atoms with Gasteiger partial charge in [-0.1, -0.05) is 0 Å². The van der Waals surface area contributed by atoms with Gasteiger partial charge in [-0.2, -0.15) is 0 Å². The Hall–Kier alpha value is -1.88. The summed E-state index contributed by atoms with van der Waals surface area (Å²) < 4.78 is 0. The SMILES string of the molecule is Nc1ccc(-c2nc(CC(=O)O)cs2)cc1. The molecule has 0 saturated heterocycles. The van der Waals surface area contributed by atoms with Gasteiger partial charge in [-0.15, -0.1) is 11.3 Å². The Morgan fingerprint density at radius 3 is 2.69 bits per heavy atom. The van der Waals surface area contributed by atoms with Crippen molar-refractivity contribution < 1.29 is 9.90 Å². The normalized spacial score (nSPS) is 10.2. The molecule has 1 aromatic heterocycles. The van der Waals surface area contributed by atoms with Crippen molar-refractivity contribution >= 4 is 23.0 Å². The van der Waals surface area contributed by atoms with E-state index >= 15 is 0 Å². The lowest BCUT2D eigenvalue weighted by Crippen LogP contribution is -1.99. The fourth-order valence-electron chi connectivity index (χ4n) is 1.30. The lowest BCUT2D eigenvalue weighted by molar-refractivity contribution is -0.136. The Kier molecular flexibility index (Phi) is 2.87. The number of hydrogen-bond donors (Lipinski definition) is 2. The van der Waals surface area contributed by atoms with Crippen LogP contribution in [0.2, 0.25) is 0 Å². The third-order valence-electron chi connectivity index (χ3n) is 2.04. The molecule has 82 valence electrons. The summed E-state index contributed by atoms with van der Waals surface area (Å²) >= 11 is 1.44. The summed E-state index contributed by atoms with van der Waals surface area (Å²) in [4.78, 5) is 14.8. The molecule has 4 nitrogen and oxygen atoms in total. The quantitative estimate of drug-likeness (QED) is 0.796. The molecule has 5 heteroatoms. The van der Waals surface area contributed by atoms with Crippen LogP contribution in [0.15, 0.2) is 29.6 Å². The number of carbonyl (C=O) groups is 1. The molecule has 0 fully saturated rings. The molecule has 1 heterocycles. The molecule has 0 unspecified atom stereocenters. The predicted octanol–water partition coefficient (Wildman–Crippen LogP) is 2.02. The third-order valence-corrected chi connectivity index (χ3v) is 2.98. The molecule has 0 aliphatic heterocycles. The van der Waals surface area contributed by atoms with Gasteiger partial charge in [-0.05, 0) is 24.3 Å². The Bertz CT molecular complexity index is 505. The van der Waals surface area contributed by atoms with Crippen LogP contribution < -0.4 is 5.73 Å². The first-order valence-corrected chi connectivity index (χ1v) is 5.55. The lowest BCUT2D eigenvalue weighted by Gasteiger charge is -1.96. The summed E-state index contributed by atoms with van der Waals surface area (Å²) in [7, 11) is 0. The van der Waals surface area contributed by atoms with E-state index in [1.54, 1.807) is 17.5 Å². The average molecular weight is 234 g/mol. The number of aromatic nitrogens is 1. The van der Waals surface area contributed by atoms with Crippen LogP contribution in [0.3, 0.4) is 0 Å². The summed E-state index contributed by atoms with van der Waals surface area (Å²) in [5.74, 6) is -0.867. The van der Waals surface area contributed by atoms with E-state index in [-0.39, 0.29) is 6.42 Å². The smallest absolute Gasteiger partial charge is 0.309 e. The molecular weight excluding hydrogens is 224 g/mol. The lowest BCUT2D eigenvalue weighted by atomic mass is 10.2. The van der Waals surface area contributed by atoms with Crippen molar-refractivity contribution in [2.45, 2.75) is 6.42 Å². The summed E-state index contributed by atoms with van der Waals surface area (Å²) in [5.41, 5.74) is 7.82. The van der Waals surface area contributed by atoms with Gasteiger partial charge >= 0.3 is 5.97 Å². The molecule has 2 rings (SSSR count). The maximum absolute atomic E-state index is 10.5. The van der Waals surface area contributed by atoms with Gasteiger partial charge in [0.1, 0.15) is 5.01 Å². The molecule has 0 amide bonds. The van der Waals surface area contributed by atoms with Crippen LogP contribution in [0.25, 0.3) is 10.6 Å². The van der Waals surface area contributed by atoms with Crippen LogP contribution >= 0.6 is 11.3 Å². The third kappa shape index (κ3) is 2.38. The van der Waals surface area contributed by atoms with E-state index in [0.29, 0.717) is 11.4 Å². The number of hydrogen-bond acceptors (Lipinski definition) is 4. The van der Waals surface area contributed by atoms with Crippen molar-refractivity contribution in [1.82, 2.24) is 4.98 Å². The van der Waals surface area contributed by atoms with Crippen molar-refractivity contribution in [1.29, 1.82) is 0 Å². The molecule has 0 saturated carbocycles. The minimum Gasteiger partial charge on any atom is -0.481 e. The highest BCUT2D eigenvalue weighted by Crippen LogP contribution is 2.24. The van der Waals surface area contributed by atoms with Gasteiger partial charge in [0.15, 0.2) is 0 Å². The van der Waals surface area contributed by atoms with E-state index in [0.717, 1.165) is 10.6 Å². The number of rotatable bonds is 3. The zero-order valence-electron chi connectivity index (χ0n) is 8.38. The van der Waals surface area contributed by atoms with Crippen LogP contribution in [0, 0.1) is 0 Å². The fourth-order valence-corrected chi connectivity index (χ4v) is 2.13. The van der Waals surface area contributed by atoms with E-state index in [1.807, 2.05) is 12.1 Å². The first-order valence-electron chi connectivity index (χ1n) is 4.67. The molecule has 16 heavy (non-hydrogen) atoms. The molecular formula is C11H10N2O2S. The maximum atomic E-state index is 10.5. The Balaban J connectivity index is 2.24. The van der Waals surface area contributed by atoms with Gasteiger partial charge in [0.25, 0.3) is 0 Å². The molecule has 0 aliphatic carbocycles. The predicted molar refractivity (Wildman–Crippen MR) is 63.3 cm³/mol. The Morgan fingerprint density at radius 2 is 2.06 bits per heavy atom. The largest absolute Gasteiger partial charge is 0.481 e. The van der Waals surface area contributed by atoms with E-state index < -0.39 is 5.97 Å². The number of aliphatic carboxylic acids is 1. The average Bonchev–Trinajstić information content (AvgIpc) is 2.66. The zero-order valence-corrected chi connectivity index (χ0v) is 9.20. The van der Waals surface area contributed by atoms with Crippen molar-refractivity contribution in [2.24, 2.45) is 0 Å². The van der Waals surface area contributed by atoms with Crippen LogP contribution in [0.4, 0.5) is 5.69 Å². The van der Waals surface area contributed by atoms with Crippen molar-refractivity contribution in [3.63, 3.8) is 0 Å². The van der Waals surface area contributed by atoms with Crippen LogP contribution in [-0.2, 0) is 11.2 Å². The van der Waals surface area contributed by atoms with Gasteiger partial charge in [0.2, 0.25) is 0 Å². The number of anilines is 1. The van der Waals surface area contributed by atoms with Gasteiger partial charge in [-0.25, -0.2) is 4.98 Å². The molecule has 2 aromatic rings. The topological polar surface area (TPSA) is 76.2 Å². The molecule has 1 aromatic carbocycles. The fraction of sp³-hybridized carbons (Fsp3) is 0.0909. The first kappa shape index (κ1) is 10.6. The molecule has 0 spiro atoms. The van der Waals surface area contributed by atoms with E-state index in [4.69, 9.17) is 10.8 Å². The highest BCUT2D eigenvalue weighted by Gasteiger charge is 2.07. The molecule has 0 radical (unpaired) electrons. The number of thiazole rings is 1. The number of nitrogens with zero attached hydrogens (tertiary/aromatic N) is 1. The highest BCUT2D eigenvalue weighted by molar-refractivity contribution is 7.13. The maximum Gasteiger partial charge on any atom is 0.309 e. The first-order chi connectivity index (χ1) is 7.65. The van der Waals surface area contributed by atoms with E-state index in [2.05, 4.69) is 4.98 Å². The van der Waals surface area contributed by atoms with Gasteiger partial charge in [-0.3, -0.25) is 4.79 Å². The van der Waals surface area contributed by atoms with Crippen LogP contribution in [0.5, 0.6) is 0 Å². The van der Waals surface area contributed by atoms with Crippen LogP contribution in [-0.4, -0.2) is 16.1 Å². The standard InChI is InChI=1S/C11H10N2O2S/c12-8-3-1-7(2-4-8)11-13-9(6-16-11)5-10(14)15/h1-4,6H,5,12H2,(H,14,15). The summed E-state index contributed by atoms with van der Waals surface area (Å²) in [5, 5.41) is 11.2. The van der Waals surface area contributed by atoms with Crippen molar-refractivity contribution in [3.8, 4) is 10.6 Å². The van der Waals surface area contributed by atoms with Gasteiger partial charge in [0, 0.05) is 16.6 Å². The minimum atomic E-state index is -0.867. The second-order valence-electron chi connectivity index (χ2n) is 3.34. The second-order valence-corrected chi connectivity index (χ2v) is 4.19. The molecule has 0 bridgehead atoms. The minimum absolute atomic E-state index is 0.0362. The van der Waals surface area contributed by atoms with Gasteiger partial charge < -0.3 is 10.8 Å². The van der Waals surface area contributed by atoms with Crippen molar-refractivity contribution in [3.05, 3.63) is 35.3 Å². The Labute approximate surface area is 96.4 Å². The summed E-state index contributed by atoms with van der Waals surface area (Å²) in [6.07, 6.45) is -0.0362. The van der Waals surface area contributed by atoms with Crippen molar-refractivity contribution in [2.75, 3.05) is 5.73 Å². The summed E-state index contributed by atoms with van der Waals surface area (Å²) in [6, 6.07) is 7.35. The van der Waals surface area contributed by atoms with Gasteiger partial charge in [0.05, 0.1) is 12.1 Å². The molecule has 3 N–H and O–H groups in total. The summed E-state index contributed by atoms with van der Waals surface area (Å²) in [6.45, 7) is 0.